The van der Waals surface area contributed by atoms with Gasteiger partial charge < -0.3 is 10.4 Å². The molecule has 0 atom stereocenters. The molecule has 3 nitrogen and oxygen atoms in total. The minimum Gasteiger partial charge on any atom is -0.478 e. The van der Waals surface area contributed by atoms with Gasteiger partial charge >= 0.3 is 5.97 Å². The zero-order chi connectivity index (χ0) is 17.3. The molecule has 0 fully saturated rings. The van der Waals surface area contributed by atoms with Crippen molar-refractivity contribution in [1.29, 1.82) is 0 Å². The van der Waals surface area contributed by atoms with Gasteiger partial charge in [-0.1, -0.05) is 24.3 Å². The summed E-state index contributed by atoms with van der Waals surface area (Å²) in [4.78, 5) is 11.3. The van der Waals surface area contributed by atoms with Crippen molar-refractivity contribution in [3.8, 4) is 0 Å². The SMILES string of the molecule is C=Cc1cc(C(=O)O)c(Nc2cc(Cl)c(I)cc2F)c(F)c1F. The van der Waals surface area contributed by atoms with Crippen LogP contribution in [0.25, 0.3) is 6.08 Å². The number of carbonyl (C=O) groups is 1. The first-order chi connectivity index (χ1) is 10.8. The van der Waals surface area contributed by atoms with E-state index in [1.54, 1.807) is 22.6 Å². The van der Waals surface area contributed by atoms with Crippen LogP contribution in [0, 0.1) is 21.0 Å². The minimum absolute atomic E-state index is 0.176. The van der Waals surface area contributed by atoms with Gasteiger partial charge in [0.05, 0.1) is 22.0 Å². The molecule has 120 valence electrons. The van der Waals surface area contributed by atoms with Crippen LogP contribution in [0.3, 0.4) is 0 Å². The Morgan fingerprint density at radius 1 is 1.26 bits per heavy atom. The van der Waals surface area contributed by atoms with Gasteiger partial charge in [-0.3, -0.25) is 0 Å². The van der Waals surface area contributed by atoms with E-state index in [9.17, 15) is 18.0 Å². The van der Waals surface area contributed by atoms with Crippen LogP contribution < -0.4 is 5.32 Å². The van der Waals surface area contributed by atoms with Gasteiger partial charge in [-0.2, -0.15) is 0 Å². The Labute approximate surface area is 147 Å². The first-order valence-corrected chi connectivity index (χ1v) is 7.51. The molecular formula is C15H8ClF3INO2. The van der Waals surface area contributed by atoms with Crippen LogP contribution in [-0.4, -0.2) is 11.1 Å². The van der Waals surface area contributed by atoms with E-state index in [1.807, 2.05) is 0 Å². The first kappa shape index (κ1) is 17.6. The second-order valence-corrected chi connectivity index (χ2v) is 5.97. The number of carboxylic acid groups (broad SMARTS) is 1. The van der Waals surface area contributed by atoms with Gasteiger partial charge in [0.1, 0.15) is 5.82 Å². The molecular weight excluding hydrogens is 446 g/mol. The van der Waals surface area contributed by atoms with E-state index in [0.29, 0.717) is 3.57 Å². The van der Waals surface area contributed by atoms with Gasteiger partial charge in [0, 0.05) is 9.13 Å². The molecule has 0 bridgehead atoms. The van der Waals surface area contributed by atoms with Crippen molar-refractivity contribution < 1.29 is 23.1 Å². The summed E-state index contributed by atoms with van der Waals surface area (Å²) in [5, 5.41) is 11.6. The molecule has 0 amide bonds. The van der Waals surface area contributed by atoms with Crippen LogP contribution in [0.4, 0.5) is 24.5 Å². The molecule has 0 aromatic heterocycles. The molecule has 2 aromatic rings. The molecule has 0 saturated heterocycles. The van der Waals surface area contributed by atoms with Gasteiger partial charge in [0.25, 0.3) is 0 Å². The van der Waals surface area contributed by atoms with Crippen LogP contribution in [0.1, 0.15) is 15.9 Å². The highest BCUT2D eigenvalue weighted by Gasteiger charge is 2.22. The van der Waals surface area contributed by atoms with Crippen LogP contribution in [-0.2, 0) is 0 Å². The quantitative estimate of drug-likeness (QED) is 0.478. The maximum atomic E-state index is 14.2. The fourth-order valence-corrected chi connectivity index (χ4v) is 2.43. The van der Waals surface area contributed by atoms with Gasteiger partial charge in [-0.15, -0.1) is 0 Å². The van der Waals surface area contributed by atoms with Crippen molar-refractivity contribution in [3.63, 3.8) is 0 Å². The predicted octanol–water partition coefficient (Wildman–Crippen LogP) is 5.45. The smallest absolute Gasteiger partial charge is 0.337 e. The summed E-state index contributed by atoms with van der Waals surface area (Å²) in [6.45, 7) is 3.28. The van der Waals surface area contributed by atoms with Crippen molar-refractivity contribution in [2.75, 3.05) is 5.32 Å². The number of rotatable bonds is 4. The molecule has 0 aliphatic carbocycles. The summed E-state index contributed by atoms with van der Waals surface area (Å²) >= 11 is 7.66. The molecule has 0 aliphatic rings. The van der Waals surface area contributed by atoms with Crippen LogP contribution >= 0.6 is 34.2 Å². The normalized spacial score (nSPS) is 10.5. The molecule has 2 aromatic carbocycles. The van der Waals surface area contributed by atoms with Gasteiger partial charge in [-0.25, -0.2) is 18.0 Å². The standard InChI is InChI=1S/C15H8ClF3INO2/c1-2-6-3-7(15(22)23)14(13(19)12(6)18)21-11-4-8(16)10(20)5-9(11)17/h2-5,21H,1H2,(H,22,23). The molecule has 2 N–H and O–H groups in total. The van der Waals surface area contributed by atoms with E-state index in [1.165, 1.54) is 0 Å². The largest absolute Gasteiger partial charge is 0.478 e. The van der Waals surface area contributed by atoms with Gasteiger partial charge in [0.2, 0.25) is 0 Å². The second kappa shape index (κ2) is 6.79. The lowest BCUT2D eigenvalue weighted by Gasteiger charge is -2.14. The molecule has 0 radical (unpaired) electrons. The third-order valence-corrected chi connectivity index (χ3v) is 4.48. The van der Waals surface area contributed by atoms with Crippen molar-refractivity contribution >= 4 is 57.6 Å². The minimum atomic E-state index is -1.51. The number of benzene rings is 2. The molecule has 0 saturated carbocycles. The van der Waals surface area contributed by atoms with Crippen molar-refractivity contribution in [3.05, 3.63) is 61.9 Å². The Morgan fingerprint density at radius 3 is 2.48 bits per heavy atom. The van der Waals surface area contributed by atoms with E-state index in [4.69, 9.17) is 16.7 Å². The van der Waals surface area contributed by atoms with E-state index in [-0.39, 0.29) is 16.3 Å². The highest BCUT2D eigenvalue weighted by Crippen LogP contribution is 2.32. The van der Waals surface area contributed by atoms with Crippen LogP contribution in [0.15, 0.2) is 24.8 Å². The molecule has 0 heterocycles. The maximum Gasteiger partial charge on any atom is 0.337 e. The first-order valence-electron chi connectivity index (χ1n) is 6.05. The maximum absolute atomic E-state index is 14.2. The number of nitrogens with one attached hydrogen (secondary N) is 1. The topological polar surface area (TPSA) is 49.3 Å². The fourth-order valence-electron chi connectivity index (χ4n) is 1.84. The lowest BCUT2D eigenvalue weighted by atomic mass is 10.1. The number of halogens is 5. The summed E-state index contributed by atoms with van der Waals surface area (Å²) in [5.41, 5.74) is -1.85. The molecule has 0 spiro atoms. The van der Waals surface area contributed by atoms with Gasteiger partial charge in [0.15, 0.2) is 11.6 Å². The third-order valence-electron chi connectivity index (χ3n) is 2.95. The summed E-state index contributed by atoms with van der Waals surface area (Å²) in [7, 11) is 0. The van der Waals surface area contributed by atoms with E-state index in [2.05, 4.69) is 11.9 Å². The van der Waals surface area contributed by atoms with Crippen molar-refractivity contribution in [2.45, 2.75) is 0 Å². The van der Waals surface area contributed by atoms with E-state index >= 15 is 0 Å². The summed E-state index contributed by atoms with van der Waals surface area (Å²) < 4.78 is 42.4. The average Bonchev–Trinajstić information content (AvgIpc) is 2.49. The summed E-state index contributed by atoms with van der Waals surface area (Å²) in [5.74, 6) is -5.03. The van der Waals surface area contributed by atoms with Crippen LogP contribution in [0.5, 0.6) is 0 Å². The van der Waals surface area contributed by atoms with E-state index in [0.717, 1.165) is 24.3 Å². The number of anilines is 2. The van der Waals surface area contributed by atoms with E-state index < -0.39 is 34.7 Å². The highest BCUT2D eigenvalue weighted by atomic mass is 127. The lowest BCUT2D eigenvalue weighted by molar-refractivity contribution is 0.0697. The predicted molar refractivity (Wildman–Crippen MR) is 90.8 cm³/mol. The molecule has 0 aliphatic heterocycles. The fraction of sp³-hybridized carbons (Fsp3) is 0. The molecule has 8 heteroatoms. The number of carboxylic acids is 1. The van der Waals surface area contributed by atoms with Gasteiger partial charge in [-0.05, 0) is 40.8 Å². The monoisotopic (exact) mass is 453 g/mol. The summed E-state index contributed by atoms with van der Waals surface area (Å²) in [6.07, 6.45) is 0.983. The molecule has 2 rings (SSSR count). The average molecular weight is 454 g/mol. The Morgan fingerprint density at radius 2 is 1.91 bits per heavy atom. The number of hydrogen-bond donors (Lipinski definition) is 2. The second-order valence-electron chi connectivity index (χ2n) is 4.40. The Balaban J connectivity index is 2.64. The Kier molecular flexibility index (Phi) is 5.20. The van der Waals surface area contributed by atoms with Crippen molar-refractivity contribution in [2.24, 2.45) is 0 Å². The number of aromatic carboxylic acids is 1. The Hall–Kier alpha value is -1.74. The molecule has 23 heavy (non-hydrogen) atoms. The zero-order valence-electron chi connectivity index (χ0n) is 11.3. The number of hydrogen-bond acceptors (Lipinski definition) is 2. The molecule has 0 unspecified atom stereocenters. The zero-order valence-corrected chi connectivity index (χ0v) is 14.2. The Bertz CT molecular complexity index is 827. The van der Waals surface area contributed by atoms with Crippen molar-refractivity contribution in [1.82, 2.24) is 0 Å². The lowest BCUT2D eigenvalue weighted by Crippen LogP contribution is -2.09. The van der Waals surface area contributed by atoms with Crippen LogP contribution in [0.2, 0.25) is 5.02 Å². The highest BCUT2D eigenvalue weighted by molar-refractivity contribution is 14.1. The summed E-state index contributed by atoms with van der Waals surface area (Å²) in [6, 6.07) is 3.14. The third kappa shape index (κ3) is 3.45.